The van der Waals surface area contributed by atoms with Gasteiger partial charge >= 0.3 is 0 Å². The molecule has 5 heteroatoms. The van der Waals surface area contributed by atoms with Crippen molar-refractivity contribution in [2.24, 2.45) is 11.8 Å². The van der Waals surface area contributed by atoms with E-state index in [-0.39, 0.29) is 11.9 Å². The third-order valence-corrected chi connectivity index (χ3v) is 8.80. The fourth-order valence-corrected chi connectivity index (χ4v) is 7.45. The lowest BCUT2D eigenvalue weighted by Gasteiger charge is -2.30. The van der Waals surface area contributed by atoms with Gasteiger partial charge in [-0.1, -0.05) is 36.8 Å². The molecule has 23 heavy (non-hydrogen) atoms. The van der Waals surface area contributed by atoms with E-state index in [4.69, 9.17) is 0 Å². The summed E-state index contributed by atoms with van der Waals surface area (Å²) in [7, 11) is -3.24. The highest BCUT2D eigenvalue weighted by molar-refractivity contribution is 7.89. The zero-order valence-electron chi connectivity index (χ0n) is 13.4. The van der Waals surface area contributed by atoms with Gasteiger partial charge in [0.05, 0.1) is 11.9 Å². The summed E-state index contributed by atoms with van der Waals surface area (Å²) in [5.41, 5.74) is 0.611. The van der Waals surface area contributed by atoms with Crippen molar-refractivity contribution in [3.8, 4) is 0 Å². The molecule has 1 aromatic carbocycles. The normalized spacial score (nSPS) is 37.5. The second kappa shape index (κ2) is 5.57. The van der Waals surface area contributed by atoms with Crippen molar-refractivity contribution in [3.63, 3.8) is 0 Å². The zero-order valence-corrected chi connectivity index (χ0v) is 14.2. The summed E-state index contributed by atoms with van der Waals surface area (Å²) in [5.74, 6) is 0.991. The molecule has 3 fully saturated rings. The van der Waals surface area contributed by atoms with E-state index in [1.165, 1.54) is 6.42 Å². The van der Waals surface area contributed by atoms with Crippen LogP contribution in [-0.2, 0) is 15.4 Å². The third-order valence-electron chi connectivity index (χ3n) is 6.42. The molecular weight excluding hydrogens is 310 g/mol. The van der Waals surface area contributed by atoms with Crippen LogP contribution >= 0.6 is 0 Å². The molecule has 1 aliphatic heterocycles. The summed E-state index contributed by atoms with van der Waals surface area (Å²) in [6.07, 6.45) is 4.93. The molecular formula is C18H25NO3S. The lowest BCUT2D eigenvalue weighted by Crippen LogP contribution is -2.42. The SMILES string of the molecule is O=S(=O)(C1C[C@@H]2CC[C@H]1C2)N1CCC(CO)(c2ccccc2)C1. The zero-order chi connectivity index (χ0) is 16.1. The van der Waals surface area contributed by atoms with Crippen molar-refractivity contribution in [2.75, 3.05) is 19.7 Å². The van der Waals surface area contributed by atoms with E-state index in [0.717, 1.165) is 24.8 Å². The standard InChI is InChI=1S/C18H25NO3S/c20-13-18(16-4-2-1-3-5-16)8-9-19(12-18)23(21,22)17-11-14-6-7-15(17)10-14/h1-5,14-15,17,20H,6-13H2/t14-,15+,17?,18?/m1/s1. The highest BCUT2D eigenvalue weighted by Gasteiger charge is 2.51. The maximum atomic E-state index is 13.1. The Kier molecular flexibility index (Phi) is 3.78. The van der Waals surface area contributed by atoms with E-state index in [2.05, 4.69) is 0 Å². The summed E-state index contributed by atoms with van der Waals surface area (Å²) in [6, 6.07) is 9.88. The summed E-state index contributed by atoms with van der Waals surface area (Å²) >= 11 is 0. The van der Waals surface area contributed by atoms with Gasteiger partial charge in [-0.3, -0.25) is 0 Å². The lowest BCUT2D eigenvalue weighted by atomic mass is 9.80. The van der Waals surface area contributed by atoms with Crippen LogP contribution in [0, 0.1) is 11.8 Å². The van der Waals surface area contributed by atoms with Crippen LogP contribution < -0.4 is 0 Å². The Morgan fingerprint density at radius 2 is 1.96 bits per heavy atom. The third kappa shape index (κ3) is 2.44. The minimum absolute atomic E-state index is 0.000244. The first-order valence-electron chi connectivity index (χ1n) is 8.70. The van der Waals surface area contributed by atoms with Gasteiger partial charge in [-0.15, -0.1) is 0 Å². The average Bonchev–Trinajstić information content (AvgIpc) is 3.31. The van der Waals surface area contributed by atoms with E-state index in [1.54, 1.807) is 4.31 Å². The molecule has 2 unspecified atom stereocenters. The van der Waals surface area contributed by atoms with Crippen LogP contribution in [0.1, 0.15) is 37.7 Å². The number of benzene rings is 1. The molecule has 2 saturated carbocycles. The Hall–Kier alpha value is -0.910. The molecule has 2 bridgehead atoms. The van der Waals surface area contributed by atoms with E-state index < -0.39 is 15.4 Å². The Balaban J connectivity index is 1.58. The first kappa shape index (κ1) is 15.6. The van der Waals surface area contributed by atoms with Gasteiger partial charge in [-0.2, -0.15) is 0 Å². The van der Waals surface area contributed by atoms with Gasteiger partial charge in [0.15, 0.2) is 0 Å². The Labute approximate surface area is 138 Å². The number of hydrogen-bond acceptors (Lipinski definition) is 3. The molecule has 4 rings (SSSR count). The molecule has 0 aromatic heterocycles. The molecule has 0 amide bonds. The predicted molar refractivity (Wildman–Crippen MR) is 89.6 cm³/mol. The van der Waals surface area contributed by atoms with Gasteiger partial charge in [-0.05, 0) is 43.1 Å². The van der Waals surface area contributed by atoms with Crippen molar-refractivity contribution in [1.82, 2.24) is 4.31 Å². The molecule has 1 aromatic rings. The highest BCUT2D eigenvalue weighted by Crippen LogP contribution is 2.49. The summed E-state index contributed by atoms with van der Waals surface area (Å²) in [6.45, 7) is 0.954. The number of aliphatic hydroxyl groups excluding tert-OH is 1. The van der Waals surface area contributed by atoms with E-state index in [0.29, 0.717) is 31.3 Å². The van der Waals surface area contributed by atoms with Gasteiger partial charge in [0.1, 0.15) is 0 Å². The van der Waals surface area contributed by atoms with Crippen LogP contribution in [0.3, 0.4) is 0 Å². The molecule has 1 saturated heterocycles. The van der Waals surface area contributed by atoms with Gasteiger partial charge in [-0.25, -0.2) is 12.7 Å². The van der Waals surface area contributed by atoms with Crippen LogP contribution in [0.2, 0.25) is 0 Å². The molecule has 126 valence electrons. The highest BCUT2D eigenvalue weighted by atomic mass is 32.2. The van der Waals surface area contributed by atoms with Crippen molar-refractivity contribution in [1.29, 1.82) is 0 Å². The molecule has 4 atom stereocenters. The smallest absolute Gasteiger partial charge is 0.217 e. The largest absolute Gasteiger partial charge is 0.395 e. The minimum atomic E-state index is -3.24. The Morgan fingerprint density at radius 3 is 2.57 bits per heavy atom. The topological polar surface area (TPSA) is 57.6 Å². The van der Waals surface area contributed by atoms with Crippen LogP contribution in [0.4, 0.5) is 0 Å². The minimum Gasteiger partial charge on any atom is -0.395 e. The van der Waals surface area contributed by atoms with Crippen molar-refractivity contribution in [3.05, 3.63) is 35.9 Å². The number of nitrogens with zero attached hydrogens (tertiary/aromatic N) is 1. The Morgan fingerprint density at radius 1 is 1.17 bits per heavy atom. The molecule has 1 heterocycles. The van der Waals surface area contributed by atoms with Crippen molar-refractivity contribution >= 4 is 10.0 Å². The quantitative estimate of drug-likeness (QED) is 0.917. The number of fused-ring (bicyclic) bond motifs is 2. The van der Waals surface area contributed by atoms with Gasteiger partial charge in [0.25, 0.3) is 0 Å². The maximum Gasteiger partial charge on any atom is 0.217 e. The van der Waals surface area contributed by atoms with E-state index >= 15 is 0 Å². The van der Waals surface area contributed by atoms with Crippen LogP contribution in [0.25, 0.3) is 0 Å². The number of sulfonamides is 1. The molecule has 3 aliphatic rings. The average molecular weight is 335 g/mol. The van der Waals surface area contributed by atoms with Gasteiger partial charge in [0.2, 0.25) is 10.0 Å². The second-order valence-electron chi connectivity index (χ2n) is 7.65. The Bertz CT molecular complexity index is 675. The fraction of sp³-hybridized carbons (Fsp3) is 0.667. The molecule has 4 nitrogen and oxygen atoms in total. The molecule has 0 spiro atoms. The molecule has 1 N–H and O–H groups in total. The summed E-state index contributed by atoms with van der Waals surface area (Å²) < 4.78 is 27.9. The number of rotatable bonds is 4. The summed E-state index contributed by atoms with van der Waals surface area (Å²) in [5, 5.41) is 9.83. The van der Waals surface area contributed by atoms with Crippen LogP contribution in [0.5, 0.6) is 0 Å². The maximum absolute atomic E-state index is 13.1. The van der Waals surface area contributed by atoms with Crippen LogP contribution in [0.15, 0.2) is 30.3 Å². The first-order valence-corrected chi connectivity index (χ1v) is 10.2. The number of aliphatic hydroxyl groups is 1. The number of hydrogen-bond donors (Lipinski definition) is 1. The molecule has 0 radical (unpaired) electrons. The van der Waals surface area contributed by atoms with Crippen molar-refractivity contribution in [2.45, 2.75) is 42.8 Å². The fourth-order valence-electron chi connectivity index (χ4n) is 5.04. The van der Waals surface area contributed by atoms with Gasteiger partial charge in [0, 0.05) is 18.5 Å². The molecule has 2 aliphatic carbocycles. The lowest BCUT2D eigenvalue weighted by molar-refractivity contribution is 0.200. The summed E-state index contributed by atoms with van der Waals surface area (Å²) in [4.78, 5) is 0. The second-order valence-corrected chi connectivity index (χ2v) is 9.80. The predicted octanol–water partition coefficient (Wildman–Crippen LogP) is 2.14. The first-order chi connectivity index (χ1) is 11.0. The van der Waals surface area contributed by atoms with Gasteiger partial charge < -0.3 is 5.11 Å². The van der Waals surface area contributed by atoms with Crippen LogP contribution in [-0.4, -0.2) is 42.8 Å². The monoisotopic (exact) mass is 335 g/mol. The van der Waals surface area contributed by atoms with E-state index in [9.17, 15) is 13.5 Å². The van der Waals surface area contributed by atoms with Crippen molar-refractivity contribution < 1.29 is 13.5 Å². The van der Waals surface area contributed by atoms with E-state index in [1.807, 2.05) is 30.3 Å².